The molecular formula is C4H2NO2Se. The van der Waals surface area contributed by atoms with Crippen molar-refractivity contribution in [1.82, 2.24) is 4.98 Å². The molecule has 8 heavy (non-hydrogen) atoms. The monoisotopic (exact) mass is 176 g/mol. The van der Waals surface area contributed by atoms with E-state index in [4.69, 9.17) is 5.11 Å². The van der Waals surface area contributed by atoms with Gasteiger partial charge in [-0.25, -0.2) is 0 Å². The summed E-state index contributed by atoms with van der Waals surface area (Å²) < 4.78 is 0.373. The van der Waals surface area contributed by atoms with Gasteiger partial charge in [0.2, 0.25) is 0 Å². The number of rotatable bonds is 1. The van der Waals surface area contributed by atoms with Crippen molar-refractivity contribution >= 4 is 20.5 Å². The molecule has 0 aliphatic rings. The quantitative estimate of drug-likeness (QED) is 0.592. The number of hydrogen-bond acceptors (Lipinski definition) is 2. The third-order valence-corrected chi connectivity index (χ3v) is 2.06. The average molecular weight is 175 g/mol. The molecule has 0 amide bonds. The molecule has 0 bridgehead atoms. The number of aromatic nitrogens is 1. The van der Waals surface area contributed by atoms with E-state index in [0.29, 0.717) is 4.44 Å². The third-order valence-electron chi connectivity index (χ3n) is 0.601. The van der Waals surface area contributed by atoms with E-state index < -0.39 is 5.97 Å². The molecule has 0 spiro atoms. The second kappa shape index (κ2) is 2.11. The fourth-order valence-corrected chi connectivity index (χ4v) is 1.12. The van der Waals surface area contributed by atoms with Gasteiger partial charge in [0.25, 0.3) is 0 Å². The fraction of sp³-hybridized carbons (Fsp3) is 0. The van der Waals surface area contributed by atoms with Crippen LogP contribution >= 0.6 is 0 Å². The molecular weight excluding hydrogens is 173 g/mol. The van der Waals surface area contributed by atoms with Crippen LogP contribution in [-0.2, 0) is 0 Å². The van der Waals surface area contributed by atoms with Crippen LogP contribution in [0, 0.1) is 5.07 Å². The second-order valence-electron chi connectivity index (χ2n) is 1.12. The maximum absolute atomic E-state index is 10.0. The van der Waals surface area contributed by atoms with Gasteiger partial charge in [-0.05, 0) is 0 Å². The van der Waals surface area contributed by atoms with Crippen LogP contribution in [0.5, 0.6) is 0 Å². The van der Waals surface area contributed by atoms with Crippen molar-refractivity contribution in [3.8, 4) is 0 Å². The summed E-state index contributed by atoms with van der Waals surface area (Å²) in [6.07, 6.45) is 1.34. The van der Waals surface area contributed by atoms with Crippen molar-refractivity contribution in [2.75, 3.05) is 0 Å². The van der Waals surface area contributed by atoms with Gasteiger partial charge in [0.05, 0.1) is 0 Å². The molecule has 0 saturated heterocycles. The molecule has 0 unspecified atom stereocenters. The Balaban J connectivity index is 2.93. The molecule has 0 atom stereocenters. The van der Waals surface area contributed by atoms with E-state index in [0.717, 1.165) is 0 Å². The van der Waals surface area contributed by atoms with Crippen LogP contribution in [0.1, 0.15) is 9.23 Å². The Morgan fingerprint density at radius 3 is 3.00 bits per heavy atom. The zero-order valence-electron chi connectivity index (χ0n) is 3.79. The second-order valence-corrected chi connectivity index (χ2v) is 2.86. The first kappa shape index (κ1) is 5.53. The standard InChI is InChI=1S/C4H2NO2Se/c6-4(7)3-1-5-2-8-3/h1H,(H,6,7). The van der Waals surface area contributed by atoms with Gasteiger partial charge in [-0.1, -0.05) is 0 Å². The van der Waals surface area contributed by atoms with Crippen LogP contribution < -0.4 is 0 Å². The van der Waals surface area contributed by atoms with Gasteiger partial charge >= 0.3 is 51.1 Å². The molecule has 0 aromatic carbocycles. The predicted molar refractivity (Wildman–Crippen MR) is 27.0 cm³/mol. The van der Waals surface area contributed by atoms with Crippen molar-refractivity contribution in [3.05, 3.63) is 15.7 Å². The van der Waals surface area contributed by atoms with Gasteiger partial charge in [-0.2, -0.15) is 0 Å². The minimum absolute atomic E-state index is 0.147. The Kier molecular flexibility index (Phi) is 1.46. The van der Waals surface area contributed by atoms with Gasteiger partial charge < -0.3 is 0 Å². The predicted octanol–water partition coefficient (Wildman–Crippen LogP) is -0.363. The van der Waals surface area contributed by atoms with Gasteiger partial charge in [-0.15, -0.1) is 0 Å². The fourth-order valence-electron chi connectivity index (χ4n) is 0.286. The number of carboxylic acid groups (broad SMARTS) is 1. The van der Waals surface area contributed by atoms with Crippen molar-refractivity contribution in [2.45, 2.75) is 0 Å². The maximum atomic E-state index is 10.0. The molecule has 1 aromatic heterocycles. The molecule has 1 aromatic rings. The summed E-state index contributed by atoms with van der Waals surface area (Å²) in [7, 11) is 0. The molecule has 3 nitrogen and oxygen atoms in total. The first-order valence-corrected chi connectivity index (χ1v) is 3.57. The molecule has 1 N–H and O–H groups in total. The molecule has 1 rings (SSSR count). The van der Waals surface area contributed by atoms with Crippen molar-refractivity contribution < 1.29 is 9.90 Å². The van der Waals surface area contributed by atoms with Crippen molar-refractivity contribution in [2.24, 2.45) is 0 Å². The Morgan fingerprint density at radius 1 is 2.00 bits per heavy atom. The van der Waals surface area contributed by atoms with Gasteiger partial charge in [-0.3, -0.25) is 0 Å². The first-order valence-electron chi connectivity index (χ1n) is 1.86. The summed E-state index contributed by atoms with van der Waals surface area (Å²) in [4.78, 5) is 13.6. The molecule has 0 aliphatic heterocycles. The zero-order valence-corrected chi connectivity index (χ0v) is 5.50. The Bertz CT molecular complexity index is 182. The van der Waals surface area contributed by atoms with Gasteiger partial charge in [0.1, 0.15) is 0 Å². The Morgan fingerprint density at radius 2 is 2.75 bits per heavy atom. The van der Waals surface area contributed by atoms with Gasteiger partial charge in [0.15, 0.2) is 0 Å². The molecule has 1 heterocycles. The topological polar surface area (TPSA) is 50.2 Å². The summed E-state index contributed by atoms with van der Waals surface area (Å²) in [6, 6.07) is 0. The van der Waals surface area contributed by atoms with E-state index in [9.17, 15) is 4.79 Å². The number of hydrogen-bond donors (Lipinski definition) is 1. The summed E-state index contributed by atoms with van der Waals surface area (Å²) in [5, 5.41) is 10.8. The van der Waals surface area contributed by atoms with Crippen LogP contribution in [0.2, 0.25) is 0 Å². The van der Waals surface area contributed by atoms with Crippen LogP contribution in [0.15, 0.2) is 6.20 Å². The number of carboxylic acids is 1. The third kappa shape index (κ3) is 0.966. The molecule has 0 saturated carbocycles. The van der Waals surface area contributed by atoms with E-state index in [1.807, 2.05) is 0 Å². The average Bonchev–Trinajstić information content (AvgIpc) is 2.12. The number of aromatic carboxylic acids is 1. The number of carbonyl (C=O) groups is 1. The van der Waals surface area contributed by atoms with Crippen LogP contribution in [0.4, 0.5) is 0 Å². The Labute approximate surface area is 51.7 Å². The summed E-state index contributed by atoms with van der Waals surface area (Å²) in [5.41, 5.74) is 0. The van der Waals surface area contributed by atoms with E-state index in [1.165, 1.54) is 6.20 Å². The van der Waals surface area contributed by atoms with E-state index in [1.54, 1.807) is 0 Å². The van der Waals surface area contributed by atoms with Crippen molar-refractivity contribution in [3.63, 3.8) is 0 Å². The summed E-state index contributed by atoms with van der Waals surface area (Å²) >= 11 is -0.147. The van der Waals surface area contributed by atoms with Crippen LogP contribution in [0.25, 0.3) is 0 Å². The molecule has 41 valence electrons. The minimum atomic E-state index is -0.876. The molecule has 0 aliphatic carbocycles. The van der Waals surface area contributed by atoms with Gasteiger partial charge in [0, 0.05) is 0 Å². The van der Waals surface area contributed by atoms with E-state index >= 15 is 0 Å². The van der Waals surface area contributed by atoms with Crippen LogP contribution in [-0.4, -0.2) is 30.6 Å². The van der Waals surface area contributed by atoms with E-state index in [-0.39, 0.29) is 14.5 Å². The Hall–Kier alpha value is -0.601. The molecule has 1 radical (unpaired) electrons. The first-order chi connectivity index (χ1) is 3.80. The van der Waals surface area contributed by atoms with E-state index in [2.05, 4.69) is 10.1 Å². The zero-order chi connectivity index (χ0) is 5.98. The molecule has 0 fully saturated rings. The normalized spacial score (nSPS) is 9.00. The van der Waals surface area contributed by atoms with Crippen LogP contribution in [0.3, 0.4) is 0 Å². The summed E-state index contributed by atoms with van der Waals surface area (Å²) in [5.74, 6) is -0.876. The summed E-state index contributed by atoms with van der Waals surface area (Å²) in [6.45, 7) is 0. The number of nitrogens with zero attached hydrogens (tertiary/aromatic N) is 1. The SMILES string of the molecule is O=C(O)c1cn[c][se]1. The molecule has 4 heteroatoms. The van der Waals surface area contributed by atoms with Crippen molar-refractivity contribution in [1.29, 1.82) is 0 Å².